The van der Waals surface area contributed by atoms with E-state index in [-0.39, 0.29) is 17.5 Å². The number of aromatic amines is 1. The maximum atomic E-state index is 12.6. The summed E-state index contributed by atoms with van der Waals surface area (Å²) in [6, 6.07) is 12.2. The molecule has 168 valence electrons. The molecule has 2 heterocycles. The SMILES string of the molecule is O=C(C1CC1)N1CC[C@@H](Cc2n[nH]c(=O)n2-c2ccc(-c3ccc4c(c3)CC=C4)cc2Cl)C1. The molecule has 1 aromatic heterocycles. The van der Waals surface area contributed by atoms with Crippen LogP contribution in [0.4, 0.5) is 0 Å². The maximum Gasteiger partial charge on any atom is 0.347 e. The highest BCUT2D eigenvalue weighted by atomic mass is 35.5. The van der Waals surface area contributed by atoms with Gasteiger partial charge < -0.3 is 4.90 Å². The zero-order valence-corrected chi connectivity index (χ0v) is 19.0. The van der Waals surface area contributed by atoms with E-state index < -0.39 is 0 Å². The molecule has 0 radical (unpaired) electrons. The standard InChI is InChI=1S/C26H25ClN4O2/c27-22-14-21(20-7-4-17-2-1-3-19(17)13-20)8-9-23(22)31-24(28-29-26(31)33)12-16-10-11-30(15-16)25(32)18-5-6-18/h1-2,4,7-9,13-14,16,18H,3,5-6,10-12,15H2,(H,29,33)/t16-/m0/s1. The van der Waals surface area contributed by atoms with Crippen molar-refractivity contribution >= 4 is 23.6 Å². The van der Waals surface area contributed by atoms with Crippen molar-refractivity contribution in [3.63, 3.8) is 0 Å². The fraction of sp³-hybridized carbons (Fsp3) is 0.346. The summed E-state index contributed by atoms with van der Waals surface area (Å²) in [5.74, 6) is 1.48. The Morgan fingerprint density at radius 2 is 1.94 bits per heavy atom. The second-order valence-electron chi connectivity index (χ2n) is 9.38. The van der Waals surface area contributed by atoms with Crippen LogP contribution in [0.25, 0.3) is 22.9 Å². The number of allylic oxidation sites excluding steroid dienone is 1. The molecule has 3 aromatic rings. The van der Waals surface area contributed by atoms with Gasteiger partial charge in [0.25, 0.3) is 0 Å². The molecule has 1 N–H and O–H groups in total. The number of rotatable bonds is 5. The molecule has 6 rings (SSSR count). The number of carbonyl (C=O) groups is 1. The van der Waals surface area contributed by atoms with Gasteiger partial charge >= 0.3 is 5.69 Å². The molecule has 1 amide bonds. The topological polar surface area (TPSA) is 71.0 Å². The zero-order chi connectivity index (χ0) is 22.5. The molecular weight excluding hydrogens is 436 g/mol. The van der Waals surface area contributed by atoms with E-state index >= 15 is 0 Å². The van der Waals surface area contributed by atoms with Crippen molar-refractivity contribution in [3.8, 4) is 16.8 Å². The molecule has 7 heteroatoms. The quantitative estimate of drug-likeness (QED) is 0.618. The summed E-state index contributed by atoms with van der Waals surface area (Å²) in [6.45, 7) is 1.52. The molecule has 2 aliphatic carbocycles. The Bertz CT molecular complexity index is 1330. The third-order valence-corrected chi connectivity index (χ3v) is 7.34. The summed E-state index contributed by atoms with van der Waals surface area (Å²) in [5.41, 5.74) is 5.03. The molecular formula is C26H25ClN4O2. The van der Waals surface area contributed by atoms with Gasteiger partial charge in [-0.3, -0.25) is 4.79 Å². The van der Waals surface area contributed by atoms with Crippen LogP contribution in [0.15, 0.2) is 47.3 Å². The smallest absolute Gasteiger partial charge is 0.342 e. The number of halogens is 1. The van der Waals surface area contributed by atoms with Gasteiger partial charge in [-0.2, -0.15) is 5.10 Å². The molecule has 1 atom stereocenters. The van der Waals surface area contributed by atoms with Crippen molar-refractivity contribution in [2.24, 2.45) is 11.8 Å². The monoisotopic (exact) mass is 460 g/mol. The van der Waals surface area contributed by atoms with Crippen LogP contribution in [-0.2, 0) is 17.6 Å². The van der Waals surface area contributed by atoms with Crippen LogP contribution in [-0.4, -0.2) is 38.7 Å². The van der Waals surface area contributed by atoms with E-state index in [4.69, 9.17) is 11.6 Å². The lowest BCUT2D eigenvalue weighted by Crippen LogP contribution is -2.30. The molecule has 6 nitrogen and oxygen atoms in total. The van der Waals surface area contributed by atoms with Gasteiger partial charge in [0.05, 0.1) is 10.7 Å². The summed E-state index contributed by atoms with van der Waals surface area (Å²) >= 11 is 6.69. The van der Waals surface area contributed by atoms with Gasteiger partial charge in [-0.05, 0) is 66.0 Å². The molecule has 2 aromatic carbocycles. The van der Waals surface area contributed by atoms with Gasteiger partial charge in [-0.25, -0.2) is 14.5 Å². The van der Waals surface area contributed by atoms with Gasteiger partial charge in [-0.15, -0.1) is 0 Å². The molecule has 0 spiro atoms. The number of benzene rings is 2. The minimum atomic E-state index is -0.299. The summed E-state index contributed by atoms with van der Waals surface area (Å²) in [6.07, 6.45) is 8.87. The first-order valence-electron chi connectivity index (χ1n) is 11.6. The highest BCUT2D eigenvalue weighted by molar-refractivity contribution is 6.32. The van der Waals surface area contributed by atoms with Crippen LogP contribution in [0.3, 0.4) is 0 Å². The van der Waals surface area contributed by atoms with E-state index in [1.165, 1.54) is 11.1 Å². The Hall–Kier alpha value is -3.12. The van der Waals surface area contributed by atoms with Crippen molar-refractivity contribution in [1.29, 1.82) is 0 Å². The summed E-state index contributed by atoms with van der Waals surface area (Å²) < 4.78 is 1.57. The molecule has 0 unspecified atom stereocenters. The molecule has 33 heavy (non-hydrogen) atoms. The maximum absolute atomic E-state index is 12.6. The Labute approximate surface area is 196 Å². The van der Waals surface area contributed by atoms with Crippen LogP contribution in [0.5, 0.6) is 0 Å². The first-order valence-corrected chi connectivity index (χ1v) is 12.0. The molecule has 2 fully saturated rings. The average molecular weight is 461 g/mol. The van der Waals surface area contributed by atoms with Crippen molar-refractivity contribution in [1.82, 2.24) is 19.7 Å². The largest absolute Gasteiger partial charge is 0.347 e. The van der Waals surface area contributed by atoms with Crippen LogP contribution in [0, 0.1) is 11.8 Å². The van der Waals surface area contributed by atoms with Gasteiger partial charge in [0.1, 0.15) is 5.82 Å². The van der Waals surface area contributed by atoms with Crippen molar-refractivity contribution < 1.29 is 4.79 Å². The Morgan fingerprint density at radius 3 is 2.76 bits per heavy atom. The number of fused-ring (bicyclic) bond motifs is 1. The van der Waals surface area contributed by atoms with E-state index in [0.717, 1.165) is 49.9 Å². The van der Waals surface area contributed by atoms with Crippen molar-refractivity contribution in [2.45, 2.75) is 32.1 Å². The fourth-order valence-electron chi connectivity index (χ4n) is 5.07. The van der Waals surface area contributed by atoms with Gasteiger partial charge in [0, 0.05) is 25.4 Å². The highest BCUT2D eigenvalue weighted by Gasteiger charge is 2.37. The van der Waals surface area contributed by atoms with E-state index in [0.29, 0.717) is 28.9 Å². The van der Waals surface area contributed by atoms with E-state index in [1.807, 2.05) is 23.1 Å². The van der Waals surface area contributed by atoms with E-state index in [9.17, 15) is 9.59 Å². The normalized spacial score (nSPS) is 19.3. The Balaban J connectivity index is 1.24. The number of nitrogens with zero attached hydrogens (tertiary/aromatic N) is 3. The second-order valence-corrected chi connectivity index (χ2v) is 9.79. The molecule has 0 bridgehead atoms. The minimum absolute atomic E-state index is 0.242. The minimum Gasteiger partial charge on any atom is -0.342 e. The van der Waals surface area contributed by atoms with Crippen molar-refractivity contribution in [2.75, 3.05) is 13.1 Å². The lowest BCUT2D eigenvalue weighted by molar-refractivity contribution is -0.131. The summed E-state index contributed by atoms with van der Waals surface area (Å²) in [5, 5.41) is 7.38. The summed E-state index contributed by atoms with van der Waals surface area (Å²) in [7, 11) is 0. The lowest BCUT2D eigenvalue weighted by atomic mass is 10.00. The number of aromatic nitrogens is 3. The van der Waals surface area contributed by atoms with Crippen molar-refractivity contribution in [3.05, 3.63) is 74.9 Å². The van der Waals surface area contributed by atoms with E-state index in [1.54, 1.807) is 4.57 Å². The zero-order valence-electron chi connectivity index (χ0n) is 18.3. The first kappa shape index (κ1) is 20.5. The third kappa shape index (κ3) is 3.82. The Morgan fingerprint density at radius 1 is 1.12 bits per heavy atom. The highest BCUT2D eigenvalue weighted by Crippen LogP contribution is 2.34. The van der Waals surface area contributed by atoms with Crippen LogP contribution in [0.2, 0.25) is 5.02 Å². The number of likely N-dealkylation sites (tertiary alicyclic amines) is 1. The van der Waals surface area contributed by atoms with Gasteiger partial charge in [0.15, 0.2) is 0 Å². The predicted octanol–water partition coefficient (Wildman–Crippen LogP) is 4.25. The Kier molecular flexibility index (Phi) is 4.98. The number of carbonyl (C=O) groups excluding carboxylic acids is 1. The van der Waals surface area contributed by atoms with Gasteiger partial charge in [-0.1, -0.05) is 48.0 Å². The number of hydrogen-bond acceptors (Lipinski definition) is 3. The summed E-state index contributed by atoms with van der Waals surface area (Å²) in [4.78, 5) is 27.0. The second kappa shape index (κ2) is 8.03. The molecule has 1 saturated carbocycles. The number of nitrogens with one attached hydrogen (secondary N) is 1. The first-order chi connectivity index (χ1) is 16.1. The molecule has 1 aliphatic heterocycles. The van der Waals surface area contributed by atoms with Crippen LogP contribution < -0.4 is 5.69 Å². The number of H-pyrrole nitrogens is 1. The van der Waals surface area contributed by atoms with E-state index in [2.05, 4.69) is 40.5 Å². The third-order valence-electron chi connectivity index (χ3n) is 7.04. The lowest BCUT2D eigenvalue weighted by Gasteiger charge is -2.16. The average Bonchev–Trinajstić information content (AvgIpc) is 3.21. The van der Waals surface area contributed by atoms with Crippen LogP contribution in [0.1, 0.15) is 36.2 Å². The number of amides is 1. The molecule has 3 aliphatic rings. The molecule has 1 saturated heterocycles. The predicted molar refractivity (Wildman–Crippen MR) is 128 cm³/mol. The number of hydrogen-bond donors (Lipinski definition) is 1. The van der Waals surface area contributed by atoms with Crippen LogP contribution >= 0.6 is 11.6 Å². The fourth-order valence-corrected chi connectivity index (χ4v) is 5.33. The van der Waals surface area contributed by atoms with Gasteiger partial charge in [0.2, 0.25) is 5.91 Å².